The van der Waals surface area contributed by atoms with Crippen LogP contribution in [0.25, 0.3) is 10.4 Å². The van der Waals surface area contributed by atoms with Crippen LogP contribution in [0.1, 0.15) is 6.23 Å². The van der Waals surface area contributed by atoms with Gasteiger partial charge in [0.25, 0.3) is 21.2 Å². The zero-order valence-corrected chi connectivity index (χ0v) is 20.5. The molecule has 2 fully saturated rings. The molecule has 214 valence electrons. The lowest BCUT2D eigenvalue weighted by Crippen LogP contribution is -2.58. The molecule has 23 heteroatoms. The van der Waals surface area contributed by atoms with Gasteiger partial charge in [0.15, 0.2) is 12.5 Å². The van der Waals surface area contributed by atoms with E-state index in [4.69, 9.17) is 15.0 Å². The second-order valence-corrected chi connectivity index (χ2v) is 10.8. The molecule has 1 aromatic heterocycles. The minimum absolute atomic E-state index is 0.629. The fraction of sp³-hybridized carbons (Fsp3) is 0.733. The first-order chi connectivity index (χ1) is 17.7. The number of H-pyrrole nitrogens is 1. The van der Waals surface area contributed by atoms with Crippen LogP contribution in [0.4, 0.5) is 0 Å². The van der Waals surface area contributed by atoms with Crippen molar-refractivity contribution in [3.8, 4) is 0 Å². The van der Waals surface area contributed by atoms with Crippen LogP contribution < -0.4 is 21.0 Å². The lowest BCUT2D eigenvalue weighted by atomic mass is 9.99. The number of aliphatic hydroxyl groups excluding tert-OH is 5. The Morgan fingerprint density at radius 3 is 2.32 bits per heavy atom. The van der Waals surface area contributed by atoms with Crippen LogP contribution in [0.2, 0.25) is 0 Å². The standard InChI is InChI=1S/C15H23N5O16P2/c16-19-17-3-5-8(22)10(24)12(26)14(34-5)35-38(30,31)36-37(28,29)32-4-6-9(23)11(25)13(33-6)20-2-1-7(21)18-15(20)27/h1-2,5-6,8-14,22-26H,3-4H2,(H,28,29)(H,30,31)(H,18,21,27)/p-2/t5-,6-,8-,9-,10+,11-,12-,13-,14-/m1/s1. The van der Waals surface area contributed by atoms with Crippen molar-refractivity contribution in [3.05, 3.63) is 43.5 Å². The van der Waals surface area contributed by atoms with Gasteiger partial charge < -0.3 is 49.3 Å². The number of hydrogen-bond donors (Lipinski definition) is 6. The molecular formula is C15H21N5O16P2-2. The summed E-state index contributed by atoms with van der Waals surface area (Å²) in [6, 6.07) is 0.908. The summed E-state index contributed by atoms with van der Waals surface area (Å²) < 4.78 is 47.5. The summed E-state index contributed by atoms with van der Waals surface area (Å²) in [5, 5.41) is 52.9. The third-order valence-corrected chi connectivity index (χ3v) is 7.82. The van der Waals surface area contributed by atoms with Gasteiger partial charge in [0.05, 0.1) is 19.3 Å². The van der Waals surface area contributed by atoms with E-state index in [9.17, 15) is 54.0 Å². The first-order valence-corrected chi connectivity index (χ1v) is 13.3. The van der Waals surface area contributed by atoms with Crippen LogP contribution in [0.5, 0.6) is 0 Å². The Hall–Kier alpha value is -2.03. The Balaban J connectivity index is 1.62. The van der Waals surface area contributed by atoms with E-state index in [0.717, 1.165) is 12.3 Å². The molecule has 21 nitrogen and oxygen atoms in total. The molecule has 6 N–H and O–H groups in total. The monoisotopic (exact) mass is 589 g/mol. The predicted molar refractivity (Wildman–Crippen MR) is 111 cm³/mol. The number of nitrogens with zero attached hydrogens (tertiary/aromatic N) is 4. The number of rotatable bonds is 10. The number of phosphoric ester groups is 2. The highest BCUT2D eigenvalue weighted by molar-refractivity contribution is 7.59. The highest BCUT2D eigenvalue weighted by atomic mass is 31.3. The number of aromatic nitrogens is 2. The van der Waals surface area contributed by atoms with Gasteiger partial charge in [-0.15, -0.1) is 0 Å². The highest BCUT2D eigenvalue weighted by Gasteiger charge is 2.47. The van der Waals surface area contributed by atoms with Crippen molar-refractivity contribution in [1.82, 2.24) is 9.55 Å². The lowest BCUT2D eigenvalue weighted by molar-refractivity contribution is -0.300. The van der Waals surface area contributed by atoms with Crippen LogP contribution in [-0.2, 0) is 32.0 Å². The van der Waals surface area contributed by atoms with Crippen LogP contribution in [0, 0.1) is 0 Å². The van der Waals surface area contributed by atoms with Crippen molar-refractivity contribution in [2.24, 2.45) is 5.11 Å². The van der Waals surface area contributed by atoms with E-state index < -0.39 is 95.3 Å². The molecular weight excluding hydrogens is 568 g/mol. The van der Waals surface area contributed by atoms with Crippen LogP contribution in [0.15, 0.2) is 27.0 Å². The maximum atomic E-state index is 12.1. The average molecular weight is 589 g/mol. The molecule has 2 aliphatic heterocycles. The maximum absolute atomic E-state index is 12.1. The minimum atomic E-state index is -5.94. The minimum Gasteiger partial charge on any atom is -0.756 e. The number of phosphoric acid groups is 2. The fourth-order valence-electron chi connectivity index (χ4n) is 3.45. The van der Waals surface area contributed by atoms with Crippen molar-refractivity contribution in [2.75, 3.05) is 13.2 Å². The molecule has 0 bridgehead atoms. The topological polar surface area (TPSA) is 331 Å². The normalized spacial score (nSPS) is 36.7. The maximum Gasteiger partial charge on any atom is 0.330 e. The van der Waals surface area contributed by atoms with E-state index in [-0.39, 0.29) is 0 Å². The quantitative estimate of drug-likeness (QED) is 0.0645. The molecule has 0 radical (unpaired) electrons. The highest BCUT2D eigenvalue weighted by Crippen LogP contribution is 2.57. The van der Waals surface area contributed by atoms with Gasteiger partial charge in [-0.05, 0) is 5.53 Å². The van der Waals surface area contributed by atoms with Crippen LogP contribution >= 0.6 is 15.6 Å². The number of ether oxygens (including phenoxy) is 2. The van der Waals surface area contributed by atoms with E-state index in [1.54, 1.807) is 0 Å². The van der Waals surface area contributed by atoms with Crippen LogP contribution in [-0.4, -0.2) is 97.3 Å². The van der Waals surface area contributed by atoms with E-state index in [0.29, 0.717) is 4.57 Å². The lowest BCUT2D eigenvalue weighted by Gasteiger charge is -2.42. The molecule has 1 aromatic rings. The van der Waals surface area contributed by atoms with Gasteiger partial charge in [-0.2, -0.15) is 0 Å². The molecule has 0 aliphatic carbocycles. The smallest absolute Gasteiger partial charge is 0.330 e. The Kier molecular flexibility index (Phi) is 9.64. The number of aliphatic hydroxyl groups is 5. The first-order valence-electron chi connectivity index (χ1n) is 10.4. The SMILES string of the molecule is [N-]=[N+]=NC[C@H]1O[C@H](OP(=O)([O-])OP(=O)([O-])OC[C@H]2O[C@@H](n3ccc(=O)[nH]c3=O)[C@H](O)[C@@H]2O)[C@H](O)[C@@H](O)[C@@H]1O. The summed E-state index contributed by atoms with van der Waals surface area (Å²) in [5.41, 5.74) is 6.56. The van der Waals surface area contributed by atoms with Gasteiger partial charge in [0.2, 0.25) is 0 Å². The molecule has 2 saturated heterocycles. The van der Waals surface area contributed by atoms with Crippen molar-refractivity contribution in [1.29, 1.82) is 0 Å². The summed E-state index contributed by atoms with van der Waals surface area (Å²) in [4.78, 5) is 51.5. The van der Waals surface area contributed by atoms with Gasteiger partial charge in [-0.3, -0.25) is 28.0 Å². The Morgan fingerprint density at radius 2 is 1.68 bits per heavy atom. The third kappa shape index (κ3) is 7.13. The molecule has 11 atom stereocenters. The zero-order chi connectivity index (χ0) is 28.4. The molecule has 0 saturated carbocycles. The summed E-state index contributed by atoms with van der Waals surface area (Å²) in [6.45, 7) is -1.76. The Morgan fingerprint density at radius 1 is 1.03 bits per heavy atom. The van der Waals surface area contributed by atoms with E-state index in [2.05, 4.69) is 23.4 Å². The van der Waals surface area contributed by atoms with Gasteiger partial charge in [0, 0.05) is 17.2 Å². The molecule has 3 heterocycles. The summed E-state index contributed by atoms with van der Waals surface area (Å²) in [5.74, 6) is 0. The zero-order valence-electron chi connectivity index (χ0n) is 18.7. The van der Waals surface area contributed by atoms with E-state index in [1.807, 2.05) is 4.98 Å². The largest absolute Gasteiger partial charge is 0.756 e. The molecule has 0 aromatic carbocycles. The number of hydrogen-bond acceptors (Lipinski definition) is 17. The molecule has 2 unspecified atom stereocenters. The van der Waals surface area contributed by atoms with Crippen molar-refractivity contribution >= 4 is 15.6 Å². The Labute approximate surface area is 210 Å². The summed E-state index contributed by atoms with van der Waals surface area (Å²) >= 11 is 0. The molecule has 3 rings (SSSR count). The predicted octanol–water partition coefficient (Wildman–Crippen LogP) is -4.74. The van der Waals surface area contributed by atoms with Gasteiger partial charge in [-0.25, -0.2) is 9.11 Å². The van der Waals surface area contributed by atoms with Crippen molar-refractivity contribution in [2.45, 2.75) is 55.2 Å². The van der Waals surface area contributed by atoms with E-state index >= 15 is 0 Å². The molecule has 38 heavy (non-hydrogen) atoms. The Bertz CT molecular complexity index is 1250. The van der Waals surface area contributed by atoms with Crippen molar-refractivity contribution in [3.63, 3.8) is 0 Å². The average Bonchev–Trinajstić information content (AvgIpc) is 3.10. The number of azide groups is 1. The number of aromatic amines is 1. The van der Waals surface area contributed by atoms with E-state index in [1.165, 1.54) is 0 Å². The molecule has 2 aliphatic rings. The molecule has 0 amide bonds. The second-order valence-electron chi connectivity index (χ2n) is 7.87. The second kappa shape index (κ2) is 12.0. The first kappa shape index (κ1) is 30.5. The van der Waals surface area contributed by atoms with Crippen molar-refractivity contribution < 1.29 is 67.3 Å². The summed E-state index contributed by atoms with van der Waals surface area (Å²) in [6.07, 6.45) is -15.9. The van der Waals surface area contributed by atoms with Gasteiger partial charge in [-0.1, -0.05) is 5.11 Å². The summed E-state index contributed by atoms with van der Waals surface area (Å²) in [7, 11) is -11.8. The fourth-order valence-corrected chi connectivity index (χ4v) is 5.53. The third-order valence-electron chi connectivity index (χ3n) is 5.29. The molecule has 0 spiro atoms. The van der Waals surface area contributed by atoms with Gasteiger partial charge >= 0.3 is 5.69 Å². The number of nitrogens with one attached hydrogen (secondary N) is 1. The van der Waals surface area contributed by atoms with Gasteiger partial charge in [0.1, 0.15) is 36.6 Å². The van der Waals surface area contributed by atoms with Crippen LogP contribution in [0.3, 0.4) is 0 Å².